The van der Waals surface area contributed by atoms with Gasteiger partial charge >= 0.3 is 0 Å². The first-order chi connectivity index (χ1) is 11.6. The van der Waals surface area contributed by atoms with E-state index in [9.17, 15) is 9.18 Å². The fourth-order valence-electron chi connectivity index (χ4n) is 1.93. The molecule has 24 heavy (non-hydrogen) atoms. The second-order valence-electron chi connectivity index (χ2n) is 4.86. The van der Waals surface area contributed by atoms with Crippen molar-refractivity contribution in [2.75, 3.05) is 11.2 Å². The average molecular weight is 382 g/mol. The van der Waals surface area contributed by atoms with Crippen LogP contribution in [0.2, 0.25) is 5.02 Å². The quantitative estimate of drug-likeness (QED) is 0.479. The molecule has 2 aromatic carbocycles. The fourth-order valence-corrected chi connectivity index (χ4v) is 3.75. The molecule has 0 atom stereocenters. The Morgan fingerprint density at radius 3 is 2.83 bits per heavy atom. The summed E-state index contributed by atoms with van der Waals surface area (Å²) < 4.78 is 13.9. The molecule has 4 nitrogen and oxygen atoms in total. The van der Waals surface area contributed by atoms with Crippen molar-refractivity contribution in [3.63, 3.8) is 0 Å². The summed E-state index contributed by atoms with van der Waals surface area (Å²) in [5, 5.41) is 1.21. The summed E-state index contributed by atoms with van der Waals surface area (Å²) in [7, 11) is 0. The fraction of sp³-hybridized carbons (Fsp3) is 0.125. The summed E-state index contributed by atoms with van der Waals surface area (Å²) in [5.74, 6) is 0.211. The first kappa shape index (κ1) is 17.0. The molecule has 3 aromatic rings. The van der Waals surface area contributed by atoms with Gasteiger partial charge in [-0.05, 0) is 42.5 Å². The number of halogens is 2. The van der Waals surface area contributed by atoms with Gasteiger partial charge in [-0.15, -0.1) is 11.8 Å². The summed E-state index contributed by atoms with van der Waals surface area (Å²) in [6.07, 6.45) is 0.361. The Kier molecular flexibility index (Phi) is 5.55. The molecule has 0 saturated carbocycles. The predicted molar refractivity (Wildman–Crippen MR) is 98.1 cm³/mol. The van der Waals surface area contributed by atoms with Crippen LogP contribution >= 0.6 is 34.7 Å². The van der Waals surface area contributed by atoms with Crippen molar-refractivity contribution in [2.24, 2.45) is 0 Å². The highest BCUT2D eigenvalue weighted by atomic mass is 35.5. The maximum atomic E-state index is 13.1. The van der Waals surface area contributed by atoms with Crippen LogP contribution in [0.15, 0.2) is 47.4 Å². The molecule has 0 fully saturated rings. The van der Waals surface area contributed by atoms with Crippen molar-refractivity contribution in [2.45, 2.75) is 11.3 Å². The first-order valence-electron chi connectivity index (χ1n) is 7.09. The Balaban J connectivity index is 1.45. The minimum absolute atomic E-state index is 0.137. The number of hydrogen-bond donors (Lipinski definition) is 2. The van der Waals surface area contributed by atoms with Crippen LogP contribution in [-0.2, 0) is 4.79 Å². The second-order valence-corrected chi connectivity index (χ2v) is 7.49. The highest BCUT2D eigenvalue weighted by Gasteiger charge is 2.06. The highest BCUT2D eigenvalue weighted by molar-refractivity contribution is 7.99. The first-order valence-corrected chi connectivity index (χ1v) is 9.27. The van der Waals surface area contributed by atoms with E-state index >= 15 is 0 Å². The molecule has 2 N–H and O–H groups in total. The summed E-state index contributed by atoms with van der Waals surface area (Å²) in [6, 6.07) is 11.9. The molecule has 0 spiro atoms. The Hall–Kier alpha value is -1.83. The van der Waals surface area contributed by atoms with Crippen LogP contribution < -0.4 is 10.9 Å². The van der Waals surface area contributed by atoms with E-state index in [1.807, 2.05) is 24.3 Å². The predicted octanol–water partition coefficient (Wildman–Crippen LogP) is 4.71. The van der Waals surface area contributed by atoms with Gasteiger partial charge in [-0.1, -0.05) is 22.9 Å². The number of carbonyl (C=O) groups is 1. The monoisotopic (exact) mass is 381 g/mol. The molecule has 0 saturated heterocycles. The summed E-state index contributed by atoms with van der Waals surface area (Å²) in [6.45, 7) is 0. The van der Waals surface area contributed by atoms with Gasteiger partial charge in [0.25, 0.3) is 0 Å². The van der Waals surface area contributed by atoms with Crippen molar-refractivity contribution < 1.29 is 9.18 Å². The van der Waals surface area contributed by atoms with Crippen molar-refractivity contribution in [1.29, 1.82) is 0 Å². The van der Waals surface area contributed by atoms with Gasteiger partial charge in [-0.3, -0.25) is 15.6 Å². The number of thioether (sulfide) groups is 1. The number of fused-ring (bicyclic) bond motifs is 1. The molecule has 1 heterocycles. The largest absolute Gasteiger partial charge is 0.273 e. The van der Waals surface area contributed by atoms with E-state index in [1.165, 1.54) is 23.5 Å². The molecule has 1 amide bonds. The van der Waals surface area contributed by atoms with Gasteiger partial charge < -0.3 is 0 Å². The van der Waals surface area contributed by atoms with Gasteiger partial charge in [-0.25, -0.2) is 9.37 Å². The number of thiazole rings is 1. The molecule has 1 aromatic heterocycles. The van der Waals surface area contributed by atoms with Crippen LogP contribution in [0.4, 0.5) is 9.52 Å². The van der Waals surface area contributed by atoms with E-state index in [0.717, 1.165) is 9.60 Å². The smallest absolute Gasteiger partial charge is 0.239 e. The maximum Gasteiger partial charge on any atom is 0.239 e. The van der Waals surface area contributed by atoms with Crippen LogP contribution in [0.5, 0.6) is 0 Å². The number of rotatable bonds is 6. The number of aromatic nitrogens is 1. The summed E-state index contributed by atoms with van der Waals surface area (Å²) in [5.41, 5.74) is 6.06. The van der Waals surface area contributed by atoms with E-state index in [-0.39, 0.29) is 11.7 Å². The number of nitrogens with zero attached hydrogens (tertiary/aromatic N) is 1. The maximum absolute atomic E-state index is 13.1. The molecule has 8 heteroatoms. The number of hydrogen-bond acceptors (Lipinski definition) is 5. The molecule has 0 radical (unpaired) electrons. The topological polar surface area (TPSA) is 54.0 Å². The third-order valence-corrected chi connectivity index (χ3v) is 5.27. The minimum Gasteiger partial charge on any atom is -0.273 e. The average Bonchev–Trinajstić information content (AvgIpc) is 2.97. The number of hydrazine groups is 1. The third-order valence-electron chi connectivity index (χ3n) is 3.07. The van der Waals surface area contributed by atoms with Crippen LogP contribution in [0, 0.1) is 5.82 Å². The molecule has 124 valence electrons. The van der Waals surface area contributed by atoms with Crippen LogP contribution in [0.1, 0.15) is 6.42 Å². The zero-order chi connectivity index (χ0) is 16.9. The lowest BCUT2D eigenvalue weighted by atomic mass is 10.3. The molecule has 0 aliphatic carbocycles. The number of benzene rings is 2. The zero-order valence-electron chi connectivity index (χ0n) is 12.4. The van der Waals surface area contributed by atoms with Crippen LogP contribution in [0.3, 0.4) is 0 Å². The van der Waals surface area contributed by atoms with Crippen molar-refractivity contribution in [3.05, 3.63) is 53.3 Å². The zero-order valence-corrected chi connectivity index (χ0v) is 14.8. The van der Waals surface area contributed by atoms with Gasteiger partial charge in [0.2, 0.25) is 11.0 Å². The number of amides is 1. The van der Waals surface area contributed by atoms with Crippen LogP contribution in [-0.4, -0.2) is 16.6 Å². The summed E-state index contributed by atoms with van der Waals surface area (Å²) >= 11 is 8.69. The van der Waals surface area contributed by atoms with Crippen molar-refractivity contribution in [1.82, 2.24) is 10.4 Å². The molecule has 3 rings (SSSR count). The van der Waals surface area contributed by atoms with E-state index < -0.39 is 0 Å². The van der Waals surface area contributed by atoms with E-state index in [2.05, 4.69) is 15.8 Å². The van der Waals surface area contributed by atoms with E-state index in [1.54, 1.807) is 17.8 Å². The number of anilines is 1. The molecular formula is C16H13ClFN3OS2. The normalized spacial score (nSPS) is 10.8. The van der Waals surface area contributed by atoms with Gasteiger partial charge in [0, 0.05) is 22.1 Å². The molecule has 0 unspecified atom stereocenters. The van der Waals surface area contributed by atoms with Gasteiger partial charge in [0.15, 0.2) is 0 Å². The van der Waals surface area contributed by atoms with E-state index in [0.29, 0.717) is 27.8 Å². The Labute approximate surface area is 151 Å². The standard InChI is InChI=1S/C16H13ClFN3OS2/c17-10-1-4-12(5-2-10)23-8-7-15(22)20-21-16-19-13-6-3-11(18)9-14(13)24-16/h1-6,9H,7-8H2,(H,19,21)(H,20,22). The number of nitrogens with one attached hydrogen (secondary N) is 2. The minimum atomic E-state index is -0.305. The van der Waals surface area contributed by atoms with Gasteiger partial charge in [0.05, 0.1) is 10.2 Å². The highest BCUT2D eigenvalue weighted by Crippen LogP contribution is 2.26. The summed E-state index contributed by atoms with van der Waals surface area (Å²) in [4.78, 5) is 17.2. The lowest BCUT2D eigenvalue weighted by Crippen LogP contribution is -2.29. The third kappa shape index (κ3) is 4.59. The molecule has 0 aliphatic heterocycles. The van der Waals surface area contributed by atoms with Gasteiger partial charge in [-0.2, -0.15) is 0 Å². The van der Waals surface area contributed by atoms with Crippen molar-refractivity contribution >= 4 is 56.0 Å². The SMILES string of the molecule is O=C(CCSc1ccc(Cl)cc1)NNc1nc2ccc(F)cc2s1. The second kappa shape index (κ2) is 7.83. The lowest BCUT2D eigenvalue weighted by molar-refractivity contribution is -0.120. The Morgan fingerprint density at radius 2 is 2.04 bits per heavy atom. The molecular weight excluding hydrogens is 369 g/mol. The Bertz CT molecular complexity index is 854. The van der Waals surface area contributed by atoms with E-state index in [4.69, 9.17) is 11.6 Å². The lowest BCUT2D eigenvalue weighted by Gasteiger charge is -2.05. The van der Waals surface area contributed by atoms with Crippen molar-refractivity contribution in [3.8, 4) is 0 Å². The van der Waals surface area contributed by atoms with Crippen LogP contribution in [0.25, 0.3) is 10.2 Å². The molecule has 0 bridgehead atoms. The Morgan fingerprint density at radius 1 is 1.25 bits per heavy atom. The van der Waals surface area contributed by atoms with Gasteiger partial charge in [0.1, 0.15) is 5.82 Å². The number of carbonyl (C=O) groups excluding carboxylic acids is 1. The molecule has 0 aliphatic rings.